The van der Waals surface area contributed by atoms with Crippen LogP contribution in [0.2, 0.25) is 0 Å². The van der Waals surface area contributed by atoms with Crippen molar-refractivity contribution in [3.05, 3.63) is 47.3 Å². The Bertz CT molecular complexity index is 874. The molecule has 130 valence electrons. The van der Waals surface area contributed by atoms with Crippen molar-refractivity contribution in [2.45, 2.75) is 20.8 Å². The van der Waals surface area contributed by atoms with E-state index in [9.17, 15) is 0 Å². The van der Waals surface area contributed by atoms with Crippen LogP contribution >= 0.6 is 11.3 Å². The van der Waals surface area contributed by atoms with E-state index in [0.29, 0.717) is 13.2 Å². The van der Waals surface area contributed by atoms with Gasteiger partial charge in [-0.1, -0.05) is 12.1 Å². The summed E-state index contributed by atoms with van der Waals surface area (Å²) < 4.78 is 11.4. The highest BCUT2D eigenvalue weighted by molar-refractivity contribution is 7.15. The van der Waals surface area contributed by atoms with Crippen LogP contribution in [-0.4, -0.2) is 18.2 Å². The largest absolute Gasteiger partial charge is 0.490 e. The first-order chi connectivity index (χ1) is 12.1. The molecule has 0 amide bonds. The van der Waals surface area contributed by atoms with E-state index in [1.807, 2.05) is 56.3 Å². The Morgan fingerprint density at radius 2 is 1.72 bits per heavy atom. The van der Waals surface area contributed by atoms with E-state index in [-0.39, 0.29) is 0 Å². The molecule has 0 aliphatic heterocycles. The van der Waals surface area contributed by atoms with E-state index in [2.05, 4.69) is 6.92 Å². The molecule has 0 aliphatic rings. The van der Waals surface area contributed by atoms with Crippen LogP contribution in [0.5, 0.6) is 11.5 Å². The van der Waals surface area contributed by atoms with Gasteiger partial charge in [-0.2, -0.15) is 0 Å². The number of ether oxygens (including phenoxy) is 2. The van der Waals surface area contributed by atoms with Gasteiger partial charge in [-0.25, -0.2) is 4.98 Å². The molecule has 0 unspecified atom stereocenters. The molecule has 1 aromatic heterocycles. The Labute approximate surface area is 152 Å². The molecule has 4 nitrogen and oxygen atoms in total. The van der Waals surface area contributed by atoms with E-state index < -0.39 is 0 Å². The summed E-state index contributed by atoms with van der Waals surface area (Å²) in [5, 5.41) is 0.964. The van der Waals surface area contributed by atoms with Crippen molar-refractivity contribution >= 4 is 17.0 Å². The van der Waals surface area contributed by atoms with Crippen molar-refractivity contribution in [2.24, 2.45) is 0 Å². The fraction of sp³-hybridized carbons (Fsp3) is 0.250. The minimum atomic E-state index is 0.591. The van der Waals surface area contributed by atoms with Crippen LogP contribution < -0.4 is 15.2 Å². The summed E-state index contributed by atoms with van der Waals surface area (Å²) in [7, 11) is 0. The molecule has 2 N–H and O–H groups in total. The first-order valence-corrected chi connectivity index (χ1v) is 9.17. The molecule has 0 spiro atoms. The van der Waals surface area contributed by atoms with Gasteiger partial charge in [0.2, 0.25) is 0 Å². The summed E-state index contributed by atoms with van der Waals surface area (Å²) in [6, 6.07) is 13.8. The van der Waals surface area contributed by atoms with Gasteiger partial charge >= 0.3 is 0 Å². The van der Waals surface area contributed by atoms with Gasteiger partial charge in [0.15, 0.2) is 11.5 Å². The highest BCUT2D eigenvalue weighted by Gasteiger charge is 2.14. The Hall–Kier alpha value is -2.53. The quantitative estimate of drug-likeness (QED) is 0.621. The summed E-state index contributed by atoms with van der Waals surface area (Å²) in [6.07, 6.45) is 0. The maximum absolute atomic E-state index is 5.90. The molecule has 0 aliphatic carbocycles. The number of hydrogen-bond acceptors (Lipinski definition) is 5. The van der Waals surface area contributed by atoms with Crippen LogP contribution in [0, 0.1) is 6.92 Å². The topological polar surface area (TPSA) is 57.4 Å². The predicted octanol–water partition coefficient (Wildman–Crippen LogP) is 5.17. The SMILES string of the molecule is CCOc1ccc(-c2nc(-c3cccc(N)c3)sc2C)cc1OCC. The Morgan fingerprint density at radius 1 is 0.960 bits per heavy atom. The number of benzene rings is 2. The summed E-state index contributed by atoms with van der Waals surface area (Å²) in [5.41, 5.74) is 9.66. The lowest BCUT2D eigenvalue weighted by atomic mass is 10.1. The molecular weight excluding hydrogens is 332 g/mol. The van der Waals surface area contributed by atoms with Gasteiger partial charge in [-0.3, -0.25) is 0 Å². The van der Waals surface area contributed by atoms with E-state index >= 15 is 0 Å². The predicted molar refractivity (Wildman–Crippen MR) is 104 cm³/mol. The normalized spacial score (nSPS) is 10.7. The number of nitrogen functional groups attached to an aromatic ring is 1. The van der Waals surface area contributed by atoms with Crippen LogP contribution in [-0.2, 0) is 0 Å². The third-order valence-corrected chi connectivity index (χ3v) is 4.77. The Kier molecular flexibility index (Phi) is 5.24. The smallest absolute Gasteiger partial charge is 0.161 e. The van der Waals surface area contributed by atoms with Gasteiger partial charge < -0.3 is 15.2 Å². The van der Waals surface area contributed by atoms with E-state index in [1.165, 1.54) is 0 Å². The fourth-order valence-corrected chi connectivity index (χ4v) is 3.59. The number of aromatic nitrogens is 1. The van der Waals surface area contributed by atoms with Crippen molar-refractivity contribution in [2.75, 3.05) is 18.9 Å². The van der Waals surface area contributed by atoms with Crippen LogP contribution in [0.25, 0.3) is 21.8 Å². The van der Waals surface area contributed by atoms with E-state index in [1.54, 1.807) is 11.3 Å². The number of hydrogen-bond donors (Lipinski definition) is 1. The number of anilines is 1. The molecule has 0 radical (unpaired) electrons. The molecule has 25 heavy (non-hydrogen) atoms. The third kappa shape index (κ3) is 3.77. The minimum Gasteiger partial charge on any atom is -0.490 e. The maximum Gasteiger partial charge on any atom is 0.161 e. The van der Waals surface area contributed by atoms with Gasteiger partial charge in [0.25, 0.3) is 0 Å². The molecule has 3 rings (SSSR count). The van der Waals surface area contributed by atoms with Crippen LogP contribution in [0.4, 0.5) is 5.69 Å². The van der Waals surface area contributed by atoms with Crippen molar-refractivity contribution in [1.82, 2.24) is 4.98 Å². The van der Waals surface area contributed by atoms with Crippen LogP contribution in [0.15, 0.2) is 42.5 Å². The molecule has 2 aromatic carbocycles. The monoisotopic (exact) mass is 354 g/mol. The fourth-order valence-electron chi connectivity index (χ4n) is 2.66. The van der Waals surface area contributed by atoms with Crippen LogP contribution in [0.3, 0.4) is 0 Å². The lowest BCUT2D eigenvalue weighted by molar-refractivity contribution is 0.288. The summed E-state index contributed by atoms with van der Waals surface area (Å²) in [4.78, 5) is 5.99. The minimum absolute atomic E-state index is 0.591. The molecule has 3 aromatic rings. The molecule has 0 saturated carbocycles. The number of aryl methyl sites for hydroxylation is 1. The van der Waals surface area contributed by atoms with E-state index in [4.69, 9.17) is 20.2 Å². The van der Waals surface area contributed by atoms with Crippen molar-refractivity contribution in [1.29, 1.82) is 0 Å². The molecule has 0 saturated heterocycles. The lowest BCUT2D eigenvalue weighted by Gasteiger charge is -2.12. The summed E-state index contributed by atoms with van der Waals surface area (Å²) >= 11 is 1.67. The van der Waals surface area contributed by atoms with E-state index in [0.717, 1.165) is 43.9 Å². The van der Waals surface area contributed by atoms with Gasteiger partial charge in [0.1, 0.15) is 5.01 Å². The molecular formula is C20H22N2O2S. The third-order valence-electron chi connectivity index (χ3n) is 3.75. The first kappa shape index (κ1) is 17.3. The highest BCUT2D eigenvalue weighted by atomic mass is 32.1. The average Bonchev–Trinajstić information content (AvgIpc) is 2.99. The molecule has 5 heteroatoms. The standard InChI is InChI=1S/C20H22N2O2S/c1-4-23-17-10-9-14(12-18(17)24-5-2)19-13(3)25-20(22-19)15-7-6-8-16(21)11-15/h6-12H,4-5,21H2,1-3H3. The van der Waals surface area contributed by atoms with Gasteiger partial charge in [0, 0.05) is 21.7 Å². The van der Waals surface area contributed by atoms with Gasteiger partial charge in [0.05, 0.1) is 18.9 Å². The highest BCUT2D eigenvalue weighted by Crippen LogP contribution is 2.37. The lowest BCUT2D eigenvalue weighted by Crippen LogP contribution is -1.98. The molecule has 0 atom stereocenters. The first-order valence-electron chi connectivity index (χ1n) is 8.35. The summed E-state index contributed by atoms with van der Waals surface area (Å²) in [5.74, 6) is 1.51. The second-order valence-corrected chi connectivity index (χ2v) is 6.78. The van der Waals surface area contributed by atoms with Gasteiger partial charge in [-0.15, -0.1) is 11.3 Å². The van der Waals surface area contributed by atoms with Crippen molar-refractivity contribution in [3.63, 3.8) is 0 Å². The number of nitrogens with two attached hydrogens (primary N) is 1. The maximum atomic E-state index is 5.90. The summed E-state index contributed by atoms with van der Waals surface area (Å²) in [6.45, 7) is 7.21. The van der Waals surface area contributed by atoms with Crippen molar-refractivity contribution < 1.29 is 9.47 Å². The van der Waals surface area contributed by atoms with Crippen LogP contribution in [0.1, 0.15) is 18.7 Å². The molecule has 0 fully saturated rings. The Morgan fingerprint density at radius 3 is 2.44 bits per heavy atom. The average molecular weight is 354 g/mol. The second kappa shape index (κ2) is 7.57. The number of nitrogens with zero attached hydrogens (tertiary/aromatic N) is 1. The zero-order valence-corrected chi connectivity index (χ0v) is 15.5. The van der Waals surface area contributed by atoms with Gasteiger partial charge in [-0.05, 0) is 51.1 Å². The number of rotatable bonds is 6. The Balaban J connectivity index is 2.00. The second-order valence-electron chi connectivity index (χ2n) is 5.58. The van der Waals surface area contributed by atoms with Crippen molar-refractivity contribution in [3.8, 4) is 33.3 Å². The number of thiazole rings is 1. The molecule has 0 bridgehead atoms. The molecule has 1 heterocycles. The zero-order valence-electron chi connectivity index (χ0n) is 14.7. The zero-order chi connectivity index (χ0) is 17.8.